The van der Waals surface area contributed by atoms with Gasteiger partial charge in [-0.3, -0.25) is 9.10 Å². The molecule has 3 aromatic carbocycles. The molecule has 0 aliphatic carbocycles. The summed E-state index contributed by atoms with van der Waals surface area (Å²) in [6.45, 7) is 1.86. The second-order valence-corrected chi connectivity index (χ2v) is 9.79. The minimum atomic E-state index is -3.28. The Hall–Kier alpha value is -3.16. The summed E-state index contributed by atoms with van der Waals surface area (Å²) in [5.74, 6) is -0.0939. The van der Waals surface area contributed by atoms with Crippen LogP contribution in [0.25, 0.3) is 0 Å². The molecular weight excluding hydrogens is 424 g/mol. The lowest BCUT2D eigenvalue weighted by Gasteiger charge is -2.17. The van der Waals surface area contributed by atoms with Crippen molar-refractivity contribution in [1.82, 2.24) is 5.32 Å². The second kappa shape index (κ2) is 9.97. The normalized spacial score (nSPS) is 14.9. The molecule has 0 unspecified atom stereocenters. The van der Waals surface area contributed by atoms with Gasteiger partial charge in [-0.1, -0.05) is 60.7 Å². The minimum Gasteiger partial charge on any atom is -0.372 e. The number of carbonyl (C=O) groups excluding carboxylic acids is 1. The van der Waals surface area contributed by atoms with Gasteiger partial charge >= 0.3 is 0 Å². The largest absolute Gasteiger partial charge is 0.372 e. The molecule has 0 atom stereocenters. The molecule has 0 bridgehead atoms. The van der Waals surface area contributed by atoms with Gasteiger partial charge in [0.05, 0.1) is 24.7 Å². The molecule has 1 aliphatic heterocycles. The van der Waals surface area contributed by atoms with Crippen LogP contribution in [0.2, 0.25) is 0 Å². The zero-order valence-electron chi connectivity index (χ0n) is 17.7. The lowest BCUT2D eigenvalue weighted by molar-refractivity contribution is 0.0951. The Kier molecular flexibility index (Phi) is 6.87. The zero-order valence-corrected chi connectivity index (χ0v) is 18.6. The second-order valence-electron chi connectivity index (χ2n) is 7.77. The monoisotopic (exact) mass is 450 g/mol. The van der Waals surface area contributed by atoms with E-state index in [2.05, 4.69) is 5.32 Å². The van der Waals surface area contributed by atoms with E-state index >= 15 is 0 Å². The molecule has 6 nitrogen and oxygen atoms in total. The Labute approximate surface area is 188 Å². The lowest BCUT2D eigenvalue weighted by Crippen LogP contribution is -2.26. The van der Waals surface area contributed by atoms with Gasteiger partial charge in [-0.2, -0.15) is 0 Å². The molecule has 0 aromatic heterocycles. The number of benzene rings is 3. The standard InChI is InChI=1S/C25H26N2O4S/c28-25(23-11-5-12-24(16-23)27-13-6-14-32(27,29)30)26-17-21-9-4-10-22(15-21)19-31-18-20-7-2-1-3-8-20/h1-5,7-12,15-16H,6,13-14,17-19H2,(H,26,28). The van der Waals surface area contributed by atoms with Gasteiger partial charge in [-0.25, -0.2) is 8.42 Å². The summed E-state index contributed by atoms with van der Waals surface area (Å²) in [4.78, 5) is 12.7. The van der Waals surface area contributed by atoms with E-state index in [1.54, 1.807) is 24.3 Å². The Bertz CT molecular complexity index is 1180. The van der Waals surface area contributed by atoms with Crippen LogP contribution in [0.4, 0.5) is 5.69 Å². The van der Waals surface area contributed by atoms with E-state index in [1.165, 1.54) is 4.31 Å². The molecule has 1 N–H and O–H groups in total. The van der Waals surface area contributed by atoms with Crippen molar-refractivity contribution in [2.45, 2.75) is 26.2 Å². The van der Waals surface area contributed by atoms with E-state index < -0.39 is 10.0 Å². The highest BCUT2D eigenvalue weighted by Gasteiger charge is 2.28. The summed E-state index contributed by atoms with van der Waals surface area (Å²) in [6.07, 6.45) is 0.601. The molecule has 0 spiro atoms. The van der Waals surface area contributed by atoms with Crippen molar-refractivity contribution >= 4 is 21.6 Å². The summed E-state index contributed by atoms with van der Waals surface area (Å²) < 4.78 is 31.5. The van der Waals surface area contributed by atoms with Crippen molar-refractivity contribution in [3.8, 4) is 0 Å². The number of hydrogen-bond donors (Lipinski definition) is 1. The first-order valence-electron chi connectivity index (χ1n) is 10.6. The van der Waals surface area contributed by atoms with Gasteiger partial charge in [-0.05, 0) is 41.3 Å². The maximum atomic E-state index is 12.7. The molecule has 32 heavy (non-hydrogen) atoms. The molecule has 0 radical (unpaired) electrons. The van der Waals surface area contributed by atoms with E-state index in [4.69, 9.17) is 4.74 Å². The summed E-state index contributed by atoms with van der Waals surface area (Å²) in [5.41, 5.74) is 4.10. The highest BCUT2D eigenvalue weighted by molar-refractivity contribution is 7.93. The molecule has 1 amide bonds. The average molecular weight is 451 g/mol. The number of nitrogens with zero attached hydrogens (tertiary/aromatic N) is 1. The van der Waals surface area contributed by atoms with Gasteiger partial charge in [0.25, 0.3) is 5.91 Å². The van der Waals surface area contributed by atoms with Crippen LogP contribution < -0.4 is 9.62 Å². The quantitative estimate of drug-likeness (QED) is 0.565. The molecule has 4 rings (SSSR count). The number of ether oxygens (including phenoxy) is 1. The smallest absolute Gasteiger partial charge is 0.251 e. The number of hydrogen-bond acceptors (Lipinski definition) is 4. The molecule has 7 heteroatoms. The molecule has 0 saturated carbocycles. The van der Waals surface area contributed by atoms with Crippen molar-refractivity contribution < 1.29 is 17.9 Å². The summed E-state index contributed by atoms with van der Waals surface area (Å²) in [6, 6.07) is 24.7. The SMILES string of the molecule is O=C(NCc1cccc(COCc2ccccc2)c1)c1cccc(N2CCCS2(=O)=O)c1. The third-order valence-corrected chi connectivity index (χ3v) is 7.19. The van der Waals surface area contributed by atoms with Gasteiger partial charge in [0.15, 0.2) is 0 Å². The van der Waals surface area contributed by atoms with Crippen molar-refractivity contribution in [2.75, 3.05) is 16.6 Å². The van der Waals surface area contributed by atoms with Crippen LogP contribution in [0.5, 0.6) is 0 Å². The maximum Gasteiger partial charge on any atom is 0.251 e. The Morgan fingerprint density at radius 1 is 0.875 bits per heavy atom. The van der Waals surface area contributed by atoms with Gasteiger partial charge in [0.1, 0.15) is 0 Å². The number of anilines is 1. The molecular formula is C25H26N2O4S. The predicted molar refractivity (Wildman–Crippen MR) is 125 cm³/mol. The molecule has 1 saturated heterocycles. The van der Waals surface area contributed by atoms with E-state index in [0.717, 1.165) is 16.7 Å². The van der Waals surface area contributed by atoms with Crippen LogP contribution >= 0.6 is 0 Å². The van der Waals surface area contributed by atoms with E-state index in [9.17, 15) is 13.2 Å². The van der Waals surface area contributed by atoms with Gasteiger partial charge in [0, 0.05) is 18.7 Å². The summed E-state index contributed by atoms with van der Waals surface area (Å²) in [5, 5.41) is 2.92. The zero-order chi connectivity index (χ0) is 22.4. The van der Waals surface area contributed by atoms with Crippen LogP contribution in [0, 0.1) is 0 Å². The maximum absolute atomic E-state index is 12.7. The molecule has 3 aromatic rings. The van der Waals surface area contributed by atoms with E-state index in [1.807, 2.05) is 54.6 Å². The summed E-state index contributed by atoms with van der Waals surface area (Å²) in [7, 11) is -3.28. The van der Waals surface area contributed by atoms with Gasteiger partial charge in [0.2, 0.25) is 10.0 Å². The Balaban J connectivity index is 1.33. The molecule has 1 heterocycles. The van der Waals surface area contributed by atoms with Crippen LogP contribution in [0.15, 0.2) is 78.9 Å². The average Bonchev–Trinajstić information content (AvgIpc) is 3.17. The highest BCUT2D eigenvalue weighted by Crippen LogP contribution is 2.24. The van der Waals surface area contributed by atoms with Crippen LogP contribution in [0.1, 0.15) is 33.5 Å². The van der Waals surface area contributed by atoms with Gasteiger partial charge < -0.3 is 10.1 Å². The topological polar surface area (TPSA) is 75.7 Å². The number of sulfonamides is 1. The first-order chi connectivity index (χ1) is 15.5. The third-order valence-electron chi connectivity index (χ3n) is 5.32. The highest BCUT2D eigenvalue weighted by atomic mass is 32.2. The summed E-state index contributed by atoms with van der Waals surface area (Å²) >= 11 is 0. The fourth-order valence-corrected chi connectivity index (χ4v) is 5.26. The van der Waals surface area contributed by atoms with Crippen LogP contribution in [0.3, 0.4) is 0 Å². The molecule has 1 aliphatic rings. The van der Waals surface area contributed by atoms with Crippen LogP contribution in [-0.2, 0) is 34.5 Å². The Morgan fingerprint density at radius 3 is 2.38 bits per heavy atom. The molecule has 1 fully saturated rings. The van der Waals surface area contributed by atoms with E-state index in [-0.39, 0.29) is 11.7 Å². The lowest BCUT2D eigenvalue weighted by atomic mass is 10.1. The van der Waals surface area contributed by atoms with Gasteiger partial charge in [-0.15, -0.1) is 0 Å². The number of amides is 1. The number of carbonyl (C=O) groups is 1. The van der Waals surface area contributed by atoms with Crippen molar-refractivity contribution in [2.24, 2.45) is 0 Å². The third kappa shape index (κ3) is 5.55. The minimum absolute atomic E-state index is 0.148. The van der Waals surface area contributed by atoms with Crippen LogP contribution in [-0.4, -0.2) is 26.6 Å². The fraction of sp³-hybridized carbons (Fsp3) is 0.240. The van der Waals surface area contributed by atoms with E-state index in [0.29, 0.717) is 44.0 Å². The fourth-order valence-electron chi connectivity index (χ4n) is 3.71. The van der Waals surface area contributed by atoms with Crippen molar-refractivity contribution in [3.05, 3.63) is 101 Å². The first-order valence-corrected chi connectivity index (χ1v) is 12.2. The predicted octanol–water partition coefficient (Wildman–Crippen LogP) is 3.87. The number of rotatable bonds is 8. The molecule has 166 valence electrons. The number of nitrogens with one attached hydrogen (secondary N) is 1. The first kappa shape index (κ1) is 22.0. The van der Waals surface area contributed by atoms with Crippen molar-refractivity contribution in [1.29, 1.82) is 0 Å². The van der Waals surface area contributed by atoms with Crippen molar-refractivity contribution in [3.63, 3.8) is 0 Å². The Morgan fingerprint density at radius 2 is 1.59 bits per heavy atom.